The lowest BCUT2D eigenvalue weighted by atomic mass is 10.2. The van der Waals surface area contributed by atoms with Gasteiger partial charge in [-0.3, -0.25) is 4.79 Å². The Morgan fingerprint density at radius 3 is 2.67 bits per heavy atom. The van der Waals surface area contributed by atoms with E-state index in [1.165, 1.54) is 6.20 Å². The van der Waals surface area contributed by atoms with Crippen LogP contribution in [0, 0.1) is 11.3 Å². The number of amides is 1. The molecule has 1 fully saturated rings. The lowest BCUT2D eigenvalue weighted by Crippen LogP contribution is -2.33. The van der Waals surface area contributed by atoms with E-state index in [9.17, 15) is 4.79 Å². The Morgan fingerprint density at radius 1 is 1.33 bits per heavy atom. The smallest absolute Gasteiger partial charge is 0.263 e. The zero-order valence-electron chi connectivity index (χ0n) is 11.3. The first kappa shape index (κ1) is 15.7. The fraction of sp³-hybridized carbons (Fsp3) is 0.333. The van der Waals surface area contributed by atoms with Gasteiger partial charge in [-0.1, -0.05) is 36.0 Å². The second-order valence-electron chi connectivity index (χ2n) is 4.89. The average Bonchev–Trinajstić information content (AvgIpc) is 2.94. The Kier molecular flexibility index (Phi) is 5.49. The molecule has 2 N–H and O–H groups in total. The van der Waals surface area contributed by atoms with Gasteiger partial charge in [0.25, 0.3) is 5.91 Å². The van der Waals surface area contributed by atoms with Crippen LogP contribution in [0.25, 0.3) is 0 Å². The Bertz CT molecular complexity index is 601. The lowest BCUT2D eigenvalue weighted by Gasteiger charge is -2.11. The van der Waals surface area contributed by atoms with E-state index in [1.54, 1.807) is 18.2 Å². The monoisotopic (exact) mass is 323 g/mol. The van der Waals surface area contributed by atoms with E-state index in [0.717, 1.165) is 25.7 Å². The van der Waals surface area contributed by atoms with Crippen molar-refractivity contribution >= 4 is 34.8 Å². The second kappa shape index (κ2) is 7.35. The summed E-state index contributed by atoms with van der Waals surface area (Å²) < 4.78 is 0. The highest BCUT2D eigenvalue weighted by atomic mass is 35.5. The number of benzene rings is 1. The molecule has 1 aliphatic carbocycles. The van der Waals surface area contributed by atoms with E-state index in [-0.39, 0.29) is 17.5 Å². The van der Waals surface area contributed by atoms with Crippen LogP contribution in [0.4, 0.5) is 5.69 Å². The van der Waals surface area contributed by atoms with E-state index >= 15 is 0 Å². The van der Waals surface area contributed by atoms with E-state index in [4.69, 9.17) is 28.5 Å². The lowest BCUT2D eigenvalue weighted by molar-refractivity contribution is -0.117. The van der Waals surface area contributed by atoms with Gasteiger partial charge in [0, 0.05) is 17.3 Å². The molecule has 21 heavy (non-hydrogen) atoms. The number of nitriles is 1. The van der Waals surface area contributed by atoms with Crippen molar-refractivity contribution in [1.29, 1.82) is 5.26 Å². The number of carbonyl (C=O) groups is 1. The molecule has 0 atom stereocenters. The number of carbonyl (C=O) groups excluding carboxylic acids is 1. The fourth-order valence-electron chi connectivity index (χ4n) is 2.24. The van der Waals surface area contributed by atoms with Crippen LogP contribution in [0.15, 0.2) is 30.0 Å². The van der Waals surface area contributed by atoms with Gasteiger partial charge in [0.2, 0.25) is 0 Å². The largest absolute Gasteiger partial charge is 0.359 e. The second-order valence-corrected chi connectivity index (χ2v) is 5.74. The zero-order valence-corrected chi connectivity index (χ0v) is 12.8. The minimum Gasteiger partial charge on any atom is -0.359 e. The predicted octanol–water partition coefficient (Wildman–Crippen LogP) is 3.87. The van der Waals surface area contributed by atoms with Crippen LogP contribution in [0.1, 0.15) is 25.7 Å². The molecule has 4 nitrogen and oxygen atoms in total. The molecule has 0 aliphatic heterocycles. The Morgan fingerprint density at radius 2 is 2.05 bits per heavy atom. The molecule has 110 valence electrons. The topological polar surface area (TPSA) is 64.9 Å². The summed E-state index contributed by atoms with van der Waals surface area (Å²) in [6, 6.07) is 7.02. The van der Waals surface area contributed by atoms with Gasteiger partial charge < -0.3 is 10.6 Å². The third kappa shape index (κ3) is 4.38. The van der Waals surface area contributed by atoms with Crippen molar-refractivity contribution in [3.63, 3.8) is 0 Å². The van der Waals surface area contributed by atoms with Gasteiger partial charge >= 0.3 is 0 Å². The molecule has 1 saturated carbocycles. The quantitative estimate of drug-likeness (QED) is 0.653. The van der Waals surface area contributed by atoms with Crippen LogP contribution in [0.5, 0.6) is 0 Å². The van der Waals surface area contributed by atoms with E-state index in [1.807, 2.05) is 6.07 Å². The third-order valence-electron chi connectivity index (χ3n) is 3.36. The number of nitrogens with zero attached hydrogens (tertiary/aromatic N) is 1. The number of nitrogens with one attached hydrogen (secondary N) is 2. The van der Waals surface area contributed by atoms with E-state index < -0.39 is 0 Å². The van der Waals surface area contributed by atoms with E-state index in [2.05, 4.69) is 10.6 Å². The van der Waals surface area contributed by atoms with Gasteiger partial charge in [-0.25, -0.2) is 0 Å². The van der Waals surface area contributed by atoms with Crippen molar-refractivity contribution in [3.05, 3.63) is 40.0 Å². The maximum atomic E-state index is 12.0. The summed E-state index contributed by atoms with van der Waals surface area (Å²) in [5.74, 6) is -0.359. The third-order valence-corrected chi connectivity index (χ3v) is 3.91. The molecule has 2 rings (SSSR count). The van der Waals surface area contributed by atoms with Crippen molar-refractivity contribution in [1.82, 2.24) is 5.32 Å². The first-order chi connectivity index (χ1) is 10.1. The molecule has 0 aromatic heterocycles. The minimum atomic E-state index is -0.359. The number of hydrogen-bond donors (Lipinski definition) is 2. The molecule has 0 radical (unpaired) electrons. The molecule has 1 aromatic carbocycles. The van der Waals surface area contributed by atoms with Gasteiger partial charge in [-0.2, -0.15) is 5.26 Å². The summed E-state index contributed by atoms with van der Waals surface area (Å²) in [6.07, 6.45) is 5.55. The highest BCUT2D eigenvalue weighted by Crippen LogP contribution is 2.25. The number of anilines is 1. The summed E-state index contributed by atoms with van der Waals surface area (Å²) in [6.45, 7) is 0. The SMILES string of the molecule is N#C/C(=C/Nc1ccc(Cl)cc1Cl)C(=O)NC1CCCC1. The van der Waals surface area contributed by atoms with Crippen molar-refractivity contribution < 1.29 is 4.79 Å². The van der Waals surface area contributed by atoms with Gasteiger partial charge in [-0.15, -0.1) is 0 Å². The normalized spacial score (nSPS) is 15.6. The number of halogens is 2. The molecule has 0 heterocycles. The minimum absolute atomic E-state index is 0.0212. The highest BCUT2D eigenvalue weighted by Gasteiger charge is 2.19. The molecule has 0 unspecified atom stereocenters. The zero-order chi connectivity index (χ0) is 15.2. The molecule has 1 aromatic rings. The Balaban J connectivity index is 2.02. The van der Waals surface area contributed by atoms with Crippen LogP contribution >= 0.6 is 23.2 Å². The standard InChI is InChI=1S/C15H15Cl2N3O/c16-11-5-6-14(13(17)7-11)19-9-10(8-18)15(21)20-12-3-1-2-4-12/h5-7,9,12,19H,1-4H2,(H,20,21)/b10-9-. The average molecular weight is 324 g/mol. The van der Waals surface area contributed by atoms with Crippen LogP contribution in [0.2, 0.25) is 10.0 Å². The van der Waals surface area contributed by atoms with Crippen LogP contribution < -0.4 is 10.6 Å². The predicted molar refractivity (Wildman–Crippen MR) is 84.2 cm³/mol. The number of rotatable bonds is 4. The Hall–Kier alpha value is -1.70. The van der Waals surface area contributed by atoms with Gasteiger partial charge in [0.05, 0.1) is 10.7 Å². The molecular formula is C15H15Cl2N3O. The molecular weight excluding hydrogens is 309 g/mol. The number of hydrogen-bond acceptors (Lipinski definition) is 3. The van der Waals surface area contributed by atoms with Crippen molar-refractivity contribution in [3.8, 4) is 6.07 Å². The molecule has 0 bridgehead atoms. The summed E-state index contributed by atoms with van der Waals surface area (Å²) in [7, 11) is 0. The van der Waals surface area contributed by atoms with Gasteiger partial charge in [-0.05, 0) is 31.0 Å². The Labute approximate surface area is 133 Å². The van der Waals surface area contributed by atoms with Crippen molar-refractivity contribution in [2.45, 2.75) is 31.7 Å². The van der Waals surface area contributed by atoms with Crippen LogP contribution in [-0.4, -0.2) is 11.9 Å². The summed E-state index contributed by atoms with van der Waals surface area (Å²) in [5, 5.41) is 15.8. The van der Waals surface area contributed by atoms with Gasteiger partial charge in [0.15, 0.2) is 0 Å². The molecule has 1 aliphatic rings. The maximum absolute atomic E-state index is 12.0. The highest BCUT2D eigenvalue weighted by molar-refractivity contribution is 6.36. The molecule has 6 heteroatoms. The van der Waals surface area contributed by atoms with E-state index in [0.29, 0.717) is 15.7 Å². The maximum Gasteiger partial charge on any atom is 0.263 e. The van der Waals surface area contributed by atoms with Crippen molar-refractivity contribution in [2.75, 3.05) is 5.32 Å². The molecule has 0 spiro atoms. The molecule has 0 saturated heterocycles. The first-order valence-electron chi connectivity index (χ1n) is 6.73. The first-order valence-corrected chi connectivity index (χ1v) is 7.48. The molecule has 1 amide bonds. The van der Waals surface area contributed by atoms with Crippen molar-refractivity contribution in [2.24, 2.45) is 0 Å². The summed E-state index contributed by atoms with van der Waals surface area (Å²) in [5.41, 5.74) is 0.607. The summed E-state index contributed by atoms with van der Waals surface area (Å²) in [4.78, 5) is 12.0. The summed E-state index contributed by atoms with van der Waals surface area (Å²) >= 11 is 11.8. The van der Waals surface area contributed by atoms with Crippen LogP contribution in [-0.2, 0) is 4.79 Å². The van der Waals surface area contributed by atoms with Crippen LogP contribution in [0.3, 0.4) is 0 Å². The van der Waals surface area contributed by atoms with Gasteiger partial charge in [0.1, 0.15) is 11.6 Å². The fourth-order valence-corrected chi connectivity index (χ4v) is 2.70.